The van der Waals surface area contributed by atoms with E-state index < -0.39 is 6.04 Å². The molecule has 1 aromatic heterocycles. The zero-order chi connectivity index (χ0) is 22.0. The van der Waals surface area contributed by atoms with E-state index in [9.17, 15) is 9.90 Å². The van der Waals surface area contributed by atoms with Crippen LogP contribution in [0.5, 0.6) is 17.2 Å². The molecule has 4 rings (SSSR count). The minimum absolute atomic E-state index is 0.0113. The zero-order valence-corrected chi connectivity index (χ0v) is 17.3. The fourth-order valence-corrected chi connectivity index (χ4v) is 3.52. The Morgan fingerprint density at radius 2 is 2.06 bits per heavy atom. The Morgan fingerprint density at radius 1 is 1.26 bits per heavy atom. The van der Waals surface area contributed by atoms with Gasteiger partial charge in [0.25, 0.3) is 5.91 Å². The molecular formula is C21H22N6O4. The maximum atomic E-state index is 13.4. The number of carbonyl (C=O) groups excluding carboxylic acids is 1. The summed E-state index contributed by atoms with van der Waals surface area (Å²) < 4.78 is 12.4. The lowest BCUT2D eigenvalue weighted by atomic mass is 9.94. The van der Waals surface area contributed by atoms with Gasteiger partial charge in [-0.25, -0.2) is 0 Å². The Bertz CT molecular complexity index is 1160. The Morgan fingerprint density at radius 3 is 2.84 bits per heavy atom. The van der Waals surface area contributed by atoms with Gasteiger partial charge in [-0.2, -0.15) is 4.68 Å². The number of phenols is 1. The van der Waals surface area contributed by atoms with Crippen molar-refractivity contribution in [3.63, 3.8) is 0 Å². The highest BCUT2D eigenvalue weighted by molar-refractivity contribution is 6.06. The number of phenolic OH excluding ortho intramolecular Hbond substituents is 1. The number of fused-ring (bicyclic) bond motifs is 1. The number of allylic oxidation sites excluding steroid dienone is 1. The Balaban J connectivity index is 1.78. The summed E-state index contributed by atoms with van der Waals surface area (Å²) in [6.07, 6.45) is 0. The van der Waals surface area contributed by atoms with Crippen LogP contribution in [-0.4, -0.2) is 44.9 Å². The lowest BCUT2D eigenvalue weighted by Crippen LogP contribution is -2.31. The number of anilines is 2. The monoisotopic (exact) mass is 422 g/mol. The van der Waals surface area contributed by atoms with Gasteiger partial charge in [-0.3, -0.25) is 4.79 Å². The highest BCUT2D eigenvalue weighted by atomic mass is 16.5. The number of aromatic hydroxyl groups is 1. The number of carbonyl (C=O) groups is 1. The van der Waals surface area contributed by atoms with Crippen molar-refractivity contribution < 1.29 is 19.4 Å². The van der Waals surface area contributed by atoms with Crippen molar-refractivity contribution in [1.29, 1.82) is 0 Å². The van der Waals surface area contributed by atoms with Crippen molar-refractivity contribution >= 4 is 17.5 Å². The van der Waals surface area contributed by atoms with Crippen molar-refractivity contribution in [2.45, 2.75) is 19.9 Å². The molecule has 10 nitrogen and oxygen atoms in total. The van der Waals surface area contributed by atoms with Gasteiger partial charge in [0.15, 0.2) is 11.5 Å². The number of para-hydroxylation sites is 2. The highest BCUT2D eigenvalue weighted by Crippen LogP contribution is 2.38. The molecule has 3 aromatic rings. The lowest BCUT2D eigenvalue weighted by molar-refractivity contribution is -0.113. The number of ether oxygens (including phenoxy) is 2. The van der Waals surface area contributed by atoms with Gasteiger partial charge >= 0.3 is 0 Å². The smallest absolute Gasteiger partial charge is 0.255 e. The molecule has 0 saturated carbocycles. The van der Waals surface area contributed by atoms with Gasteiger partial charge in [0.05, 0.1) is 25.0 Å². The second-order valence-electron chi connectivity index (χ2n) is 6.83. The second kappa shape index (κ2) is 8.34. The van der Waals surface area contributed by atoms with Gasteiger partial charge in [0, 0.05) is 5.70 Å². The summed E-state index contributed by atoms with van der Waals surface area (Å²) in [6, 6.07) is 11.4. The fourth-order valence-electron chi connectivity index (χ4n) is 3.52. The van der Waals surface area contributed by atoms with Crippen LogP contribution < -0.4 is 20.1 Å². The number of methoxy groups -OCH3 is 1. The van der Waals surface area contributed by atoms with Gasteiger partial charge in [-0.05, 0) is 54.1 Å². The van der Waals surface area contributed by atoms with E-state index in [-0.39, 0.29) is 11.7 Å². The molecule has 3 N–H and O–H groups in total. The van der Waals surface area contributed by atoms with Crippen LogP contribution in [0, 0.1) is 0 Å². The molecule has 0 radical (unpaired) electrons. The molecule has 0 aliphatic carbocycles. The Hall–Kier alpha value is -4.08. The summed E-state index contributed by atoms with van der Waals surface area (Å²) in [7, 11) is 1.54. The predicted octanol–water partition coefficient (Wildman–Crippen LogP) is 2.71. The quantitative estimate of drug-likeness (QED) is 0.554. The first-order valence-corrected chi connectivity index (χ1v) is 9.69. The predicted molar refractivity (Wildman–Crippen MR) is 113 cm³/mol. The van der Waals surface area contributed by atoms with Crippen LogP contribution >= 0.6 is 0 Å². The maximum Gasteiger partial charge on any atom is 0.255 e. The molecule has 0 spiro atoms. The molecule has 0 fully saturated rings. The van der Waals surface area contributed by atoms with E-state index in [4.69, 9.17) is 9.47 Å². The number of aromatic nitrogens is 4. The number of nitrogens with one attached hydrogen (secondary N) is 2. The molecule has 0 saturated heterocycles. The van der Waals surface area contributed by atoms with E-state index >= 15 is 0 Å². The van der Waals surface area contributed by atoms with Crippen molar-refractivity contribution in [2.75, 3.05) is 24.4 Å². The molecule has 160 valence electrons. The van der Waals surface area contributed by atoms with Gasteiger partial charge < -0.3 is 25.2 Å². The summed E-state index contributed by atoms with van der Waals surface area (Å²) in [4.78, 5) is 13.4. The van der Waals surface area contributed by atoms with Gasteiger partial charge in [0.2, 0.25) is 5.95 Å². The number of rotatable bonds is 6. The number of hydrogen-bond acceptors (Lipinski definition) is 8. The molecule has 0 bridgehead atoms. The summed E-state index contributed by atoms with van der Waals surface area (Å²) in [5, 5.41) is 27.9. The van der Waals surface area contributed by atoms with E-state index in [1.54, 1.807) is 38.3 Å². The SMILES string of the molecule is CCOc1cc([C@@H]2C(C(=O)Nc3ccccc3OC)=C(C)Nc3nnnn32)ccc1O. The van der Waals surface area contributed by atoms with Crippen LogP contribution in [0.15, 0.2) is 53.7 Å². The topological polar surface area (TPSA) is 123 Å². The summed E-state index contributed by atoms with van der Waals surface area (Å²) in [5.41, 5.74) is 2.24. The first-order chi connectivity index (χ1) is 15.0. The molecule has 2 aromatic carbocycles. The fraction of sp³-hybridized carbons (Fsp3) is 0.238. The van der Waals surface area contributed by atoms with E-state index in [0.717, 1.165) is 0 Å². The van der Waals surface area contributed by atoms with Gasteiger partial charge in [-0.15, -0.1) is 0 Å². The average Bonchev–Trinajstić information content (AvgIpc) is 3.23. The van der Waals surface area contributed by atoms with E-state index in [1.807, 2.05) is 19.1 Å². The Kier molecular flexibility index (Phi) is 5.44. The molecular weight excluding hydrogens is 400 g/mol. The van der Waals surface area contributed by atoms with Crippen LogP contribution in [0.1, 0.15) is 25.5 Å². The van der Waals surface area contributed by atoms with Crippen LogP contribution in [0.25, 0.3) is 0 Å². The number of tetrazole rings is 1. The summed E-state index contributed by atoms with van der Waals surface area (Å²) in [6.45, 7) is 3.99. The van der Waals surface area contributed by atoms with Crippen LogP contribution in [-0.2, 0) is 4.79 Å². The Labute approximate surface area is 178 Å². The molecule has 10 heteroatoms. The standard InChI is InChI=1S/C21H22N6O4/c1-4-31-17-11-13(9-10-15(17)28)19-18(12(2)22-21-24-25-26-27(19)21)20(29)23-14-7-5-6-8-16(14)30-3/h5-11,19,28H,4H2,1-3H3,(H,23,29)(H,22,24,26)/t19-/m1/s1. The lowest BCUT2D eigenvalue weighted by Gasteiger charge is -2.28. The third kappa shape index (κ3) is 3.75. The maximum absolute atomic E-state index is 13.4. The number of hydrogen-bond donors (Lipinski definition) is 3. The normalized spacial score (nSPS) is 15.1. The summed E-state index contributed by atoms with van der Waals surface area (Å²) in [5.74, 6) is 0.933. The molecule has 1 aliphatic rings. The third-order valence-electron chi connectivity index (χ3n) is 4.91. The van der Waals surface area contributed by atoms with Crippen molar-refractivity contribution in [3.05, 3.63) is 59.3 Å². The molecule has 1 aliphatic heterocycles. The van der Waals surface area contributed by atoms with Crippen LogP contribution in [0.2, 0.25) is 0 Å². The van der Waals surface area contributed by atoms with Gasteiger partial charge in [0.1, 0.15) is 11.8 Å². The molecule has 31 heavy (non-hydrogen) atoms. The van der Waals surface area contributed by atoms with E-state index in [2.05, 4.69) is 26.2 Å². The molecule has 0 unspecified atom stereocenters. The van der Waals surface area contributed by atoms with Crippen molar-refractivity contribution in [3.8, 4) is 17.2 Å². The third-order valence-corrected chi connectivity index (χ3v) is 4.91. The van der Waals surface area contributed by atoms with E-state index in [0.29, 0.717) is 46.6 Å². The largest absolute Gasteiger partial charge is 0.504 e. The van der Waals surface area contributed by atoms with Gasteiger partial charge in [-0.1, -0.05) is 23.3 Å². The van der Waals surface area contributed by atoms with E-state index in [1.165, 1.54) is 10.7 Å². The number of nitrogens with zero attached hydrogens (tertiary/aromatic N) is 4. The number of amides is 1. The molecule has 2 heterocycles. The minimum atomic E-state index is -0.638. The zero-order valence-electron chi connectivity index (χ0n) is 17.3. The molecule has 1 atom stereocenters. The summed E-state index contributed by atoms with van der Waals surface area (Å²) >= 11 is 0. The molecule has 1 amide bonds. The van der Waals surface area contributed by atoms with Crippen molar-refractivity contribution in [1.82, 2.24) is 20.2 Å². The average molecular weight is 422 g/mol. The number of benzene rings is 2. The van der Waals surface area contributed by atoms with Crippen molar-refractivity contribution in [2.24, 2.45) is 0 Å². The first kappa shape index (κ1) is 20.2. The highest BCUT2D eigenvalue weighted by Gasteiger charge is 2.34. The second-order valence-corrected chi connectivity index (χ2v) is 6.83. The minimum Gasteiger partial charge on any atom is -0.504 e. The first-order valence-electron chi connectivity index (χ1n) is 9.69. The van der Waals surface area contributed by atoms with Crippen LogP contribution in [0.4, 0.5) is 11.6 Å². The van der Waals surface area contributed by atoms with Crippen LogP contribution in [0.3, 0.4) is 0 Å².